The van der Waals surface area contributed by atoms with Gasteiger partial charge in [0.15, 0.2) is 0 Å². The molecule has 0 fully saturated rings. The second-order valence-electron chi connectivity index (χ2n) is 12.4. The molecule has 1 aromatic heterocycles. The summed E-state index contributed by atoms with van der Waals surface area (Å²) in [5.41, 5.74) is 3.86. The summed E-state index contributed by atoms with van der Waals surface area (Å²) in [5, 5.41) is 3.70. The average molecular weight is 691 g/mol. The van der Waals surface area contributed by atoms with E-state index in [0.717, 1.165) is 53.2 Å². The fourth-order valence-corrected chi connectivity index (χ4v) is 8.28. The Morgan fingerprint density at radius 2 is 1.06 bits per heavy atom. The molecule has 0 atom stereocenters. The molecular weight excluding hydrogens is 647 g/mol. The Kier molecular flexibility index (Phi) is 5.13. The van der Waals surface area contributed by atoms with Gasteiger partial charge in [-0.05, 0) is 80.1 Å². The maximum atomic E-state index is 9.72. The first-order valence-corrected chi connectivity index (χ1v) is 17.7. The molecule has 0 saturated heterocycles. The minimum atomic E-state index is -0.666. The van der Waals surface area contributed by atoms with E-state index in [2.05, 4.69) is 42.5 Å². The smallest absolute Gasteiger partial charge is 0.0645 e. The van der Waals surface area contributed by atoms with Crippen molar-refractivity contribution in [2.75, 3.05) is 4.90 Å². The number of thiophene rings is 1. The van der Waals surface area contributed by atoms with E-state index in [-0.39, 0.29) is 22.0 Å². The summed E-state index contributed by atoms with van der Waals surface area (Å²) in [6, 6.07) is 37.4. The van der Waals surface area contributed by atoms with E-state index in [9.17, 15) is 5.48 Å². The number of para-hydroxylation sites is 1. The Bertz CT molecular complexity index is 3500. The highest BCUT2D eigenvalue weighted by atomic mass is 32.1. The molecule has 0 aliphatic heterocycles. The summed E-state index contributed by atoms with van der Waals surface area (Å²) < 4.78 is 101. The van der Waals surface area contributed by atoms with Crippen molar-refractivity contribution in [3.63, 3.8) is 0 Å². The van der Waals surface area contributed by atoms with Gasteiger partial charge in [0.05, 0.1) is 20.8 Å². The van der Waals surface area contributed by atoms with Gasteiger partial charge in [-0.25, -0.2) is 0 Å². The predicted octanol–water partition coefficient (Wildman–Crippen LogP) is 14.8. The topological polar surface area (TPSA) is 3.24 Å². The number of hydrogen-bond acceptors (Lipinski definition) is 2. The molecule has 10 rings (SSSR count). The molecule has 244 valence electrons. The summed E-state index contributed by atoms with van der Waals surface area (Å²) in [4.78, 5) is 1.72. The molecule has 0 N–H and O–H groups in total. The van der Waals surface area contributed by atoms with Gasteiger partial charge in [-0.15, -0.1) is 11.3 Å². The third kappa shape index (κ3) is 5.16. The molecular formula is C50H33NS. The minimum absolute atomic E-state index is 0.0939. The number of nitrogens with zero attached hydrogens (tertiary/aromatic N) is 1. The first kappa shape index (κ1) is 21.0. The van der Waals surface area contributed by atoms with Crippen molar-refractivity contribution in [2.24, 2.45) is 0 Å². The lowest BCUT2D eigenvalue weighted by Crippen LogP contribution is -2.11. The number of benzene rings is 9. The predicted molar refractivity (Wildman–Crippen MR) is 225 cm³/mol. The van der Waals surface area contributed by atoms with Gasteiger partial charge in [0.1, 0.15) is 0 Å². The number of anilines is 3. The lowest BCUT2D eigenvalue weighted by Gasteiger charge is -2.28. The van der Waals surface area contributed by atoms with Gasteiger partial charge in [0.2, 0.25) is 0 Å². The Morgan fingerprint density at radius 3 is 1.96 bits per heavy atom. The summed E-state index contributed by atoms with van der Waals surface area (Å²) in [6.45, 7) is 0. The molecule has 0 amide bonds. The van der Waals surface area contributed by atoms with E-state index in [1.165, 1.54) is 0 Å². The van der Waals surface area contributed by atoms with Crippen molar-refractivity contribution in [3.8, 4) is 33.4 Å². The molecule has 0 aliphatic carbocycles. The first-order valence-electron chi connectivity index (χ1n) is 22.4. The Balaban J connectivity index is 1.25. The van der Waals surface area contributed by atoms with Crippen molar-refractivity contribution < 1.29 is 15.1 Å². The highest BCUT2D eigenvalue weighted by Crippen LogP contribution is 2.46. The van der Waals surface area contributed by atoms with Crippen LogP contribution in [0, 0.1) is 0 Å². The van der Waals surface area contributed by atoms with Crippen LogP contribution in [0.5, 0.6) is 0 Å². The van der Waals surface area contributed by atoms with Gasteiger partial charge in [0.25, 0.3) is 0 Å². The molecule has 10 aromatic rings. The number of hydrogen-bond donors (Lipinski definition) is 0. The molecule has 1 heterocycles. The lowest BCUT2D eigenvalue weighted by atomic mass is 9.96. The molecule has 0 saturated carbocycles. The maximum absolute atomic E-state index is 9.72. The van der Waals surface area contributed by atoms with E-state index in [1.54, 1.807) is 16.2 Å². The van der Waals surface area contributed by atoms with Crippen molar-refractivity contribution in [3.05, 3.63) is 200 Å². The SMILES string of the molecule is [2H]c1c([2H])c(N(c2ccc(-c3cccc4ccccc34)cc2)c2ccccc2-c2cccc3c2sc2ccccc23)c([2H])c([2H])c1-c1c([2H])c([2H])c([2H])c2c([2H])c([2H])c([2H])c([2H])c12. The van der Waals surface area contributed by atoms with Crippen LogP contribution in [0.25, 0.3) is 75.1 Å². The number of rotatable bonds is 6. The third-order valence-electron chi connectivity index (χ3n) is 9.46. The monoisotopic (exact) mass is 690 g/mol. The molecule has 0 spiro atoms. The second-order valence-corrected chi connectivity index (χ2v) is 13.5. The van der Waals surface area contributed by atoms with Crippen LogP contribution in [-0.2, 0) is 0 Å². The molecule has 2 heteroatoms. The van der Waals surface area contributed by atoms with Crippen LogP contribution in [0.15, 0.2) is 200 Å². The fraction of sp³-hybridized carbons (Fsp3) is 0. The normalized spacial score (nSPS) is 14.4. The minimum Gasteiger partial charge on any atom is -0.310 e. The zero-order valence-corrected chi connectivity index (χ0v) is 28.4. The standard InChI is InChI=1S/C50H33NS/c1-3-16-40-34(12-1)14-9-20-42(40)36-26-30-38(31-27-36)51(39-32-28-37(29-33-39)43-21-10-15-35-13-2-4-17-41(35)43)48-24-7-5-18-44(48)46-22-11-23-47-45-19-6-8-25-49(45)52-50(46)47/h1-33H/i1D,3D,9D,12D,14D,16D,20D,26D,27D,30D,31D. The number of fused-ring (bicyclic) bond motifs is 5. The second kappa shape index (κ2) is 12.7. The van der Waals surface area contributed by atoms with Crippen LogP contribution in [0.1, 0.15) is 15.1 Å². The van der Waals surface area contributed by atoms with Crippen LogP contribution < -0.4 is 4.90 Å². The van der Waals surface area contributed by atoms with Crippen LogP contribution in [0.4, 0.5) is 17.1 Å². The van der Waals surface area contributed by atoms with Gasteiger partial charge in [-0.3, -0.25) is 0 Å². The van der Waals surface area contributed by atoms with Crippen molar-refractivity contribution in [1.82, 2.24) is 0 Å². The molecule has 0 unspecified atom stereocenters. The van der Waals surface area contributed by atoms with Crippen LogP contribution >= 0.6 is 11.3 Å². The zero-order chi connectivity index (χ0) is 44.0. The molecule has 52 heavy (non-hydrogen) atoms. The largest absolute Gasteiger partial charge is 0.310 e. The summed E-state index contributed by atoms with van der Waals surface area (Å²) in [6.07, 6.45) is 0. The van der Waals surface area contributed by atoms with Crippen molar-refractivity contribution >= 4 is 70.1 Å². The quantitative estimate of drug-likeness (QED) is 0.168. The summed E-state index contributed by atoms with van der Waals surface area (Å²) in [7, 11) is 0. The molecule has 0 aliphatic rings. The van der Waals surface area contributed by atoms with Gasteiger partial charge in [0, 0.05) is 42.7 Å². The average Bonchev–Trinajstić information content (AvgIpc) is 3.70. The molecule has 9 aromatic carbocycles. The van der Waals surface area contributed by atoms with Crippen LogP contribution in [0.3, 0.4) is 0 Å². The van der Waals surface area contributed by atoms with E-state index in [4.69, 9.17) is 9.60 Å². The third-order valence-corrected chi connectivity index (χ3v) is 10.7. The molecule has 0 bridgehead atoms. The van der Waals surface area contributed by atoms with Crippen molar-refractivity contribution in [1.29, 1.82) is 0 Å². The van der Waals surface area contributed by atoms with E-state index in [0.29, 0.717) is 11.4 Å². The fourth-order valence-electron chi connectivity index (χ4n) is 7.05. The highest BCUT2D eigenvalue weighted by Gasteiger charge is 2.20. The van der Waals surface area contributed by atoms with Gasteiger partial charge < -0.3 is 4.90 Å². The van der Waals surface area contributed by atoms with E-state index < -0.39 is 72.0 Å². The molecule has 0 radical (unpaired) electrons. The van der Waals surface area contributed by atoms with E-state index >= 15 is 0 Å². The maximum Gasteiger partial charge on any atom is 0.0645 e. The van der Waals surface area contributed by atoms with Gasteiger partial charge >= 0.3 is 0 Å². The van der Waals surface area contributed by atoms with Gasteiger partial charge in [-0.2, -0.15) is 0 Å². The molecule has 1 nitrogen and oxygen atoms in total. The van der Waals surface area contributed by atoms with Crippen LogP contribution in [-0.4, -0.2) is 0 Å². The van der Waals surface area contributed by atoms with Gasteiger partial charge in [-0.1, -0.05) is 164 Å². The van der Waals surface area contributed by atoms with Crippen LogP contribution in [0.2, 0.25) is 0 Å². The summed E-state index contributed by atoms with van der Waals surface area (Å²) in [5.74, 6) is 0. The Morgan fingerprint density at radius 1 is 0.385 bits per heavy atom. The van der Waals surface area contributed by atoms with E-state index in [1.807, 2.05) is 91.0 Å². The summed E-state index contributed by atoms with van der Waals surface area (Å²) >= 11 is 1.66. The Labute approximate surface area is 322 Å². The highest BCUT2D eigenvalue weighted by molar-refractivity contribution is 7.26. The lowest BCUT2D eigenvalue weighted by molar-refractivity contribution is 1.28. The zero-order valence-electron chi connectivity index (χ0n) is 38.6. The Hall–Kier alpha value is -6.48. The first-order chi connectivity index (χ1) is 30.4. The van der Waals surface area contributed by atoms with Crippen molar-refractivity contribution in [2.45, 2.75) is 0 Å².